The molecule has 0 bridgehead atoms. The van der Waals surface area contributed by atoms with Gasteiger partial charge in [-0.3, -0.25) is 4.79 Å². The molecule has 0 aliphatic carbocycles. The van der Waals surface area contributed by atoms with E-state index in [9.17, 15) is 4.79 Å². The van der Waals surface area contributed by atoms with Crippen LogP contribution in [0.25, 0.3) is 11.1 Å². The average Bonchev–Trinajstić information content (AvgIpc) is 3.31. The summed E-state index contributed by atoms with van der Waals surface area (Å²) in [5, 5.41) is 13.1. The number of hydrogen-bond acceptors (Lipinski definition) is 7. The second-order valence-corrected chi connectivity index (χ2v) is 10.6. The number of carbonyl (C=O) groups is 1. The smallest absolute Gasteiger partial charge is 0.250 e. The number of thioether (sulfide) groups is 2. The summed E-state index contributed by atoms with van der Waals surface area (Å²) in [6, 6.07) is 25.9. The molecule has 0 radical (unpaired) electrons. The van der Waals surface area contributed by atoms with Crippen LogP contribution in [0.15, 0.2) is 92.6 Å². The van der Waals surface area contributed by atoms with E-state index in [0.717, 1.165) is 41.7 Å². The van der Waals surface area contributed by atoms with E-state index >= 15 is 0 Å². The Balaban J connectivity index is 1.20. The first-order chi connectivity index (χ1) is 16.2. The van der Waals surface area contributed by atoms with E-state index in [2.05, 4.69) is 32.9 Å². The van der Waals surface area contributed by atoms with Crippen molar-refractivity contribution in [1.29, 1.82) is 0 Å². The molecule has 0 saturated heterocycles. The summed E-state index contributed by atoms with van der Waals surface area (Å²) < 4.78 is 1.59. The number of nitrogens with one attached hydrogen (secondary N) is 1. The van der Waals surface area contributed by atoms with Crippen LogP contribution in [-0.4, -0.2) is 28.1 Å². The van der Waals surface area contributed by atoms with Gasteiger partial charge in [-0.1, -0.05) is 119 Å². The number of halogens is 1. The lowest BCUT2D eigenvalue weighted by Crippen LogP contribution is -2.19. The Bertz CT molecular complexity index is 1230. The van der Waals surface area contributed by atoms with E-state index in [4.69, 9.17) is 11.6 Å². The van der Waals surface area contributed by atoms with E-state index in [1.54, 1.807) is 18.0 Å². The van der Waals surface area contributed by atoms with Crippen LogP contribution in [0.2, 0.25) is 5.02 Å². The van der Waals surface area contributed by atoms with Crippen molar-refractivity contribution < 1.29 is 4.79 Å². The number of nitrogens with zero attached hydrogens (tertiary/aromatic N) is 3. The molecule has 0 atom stereocenters. The van der Waals surface area contributed by atoms with Crippen molar-refractivity contribution in [2.75, 3.05) is 5.75 Å². The van der Waals surface area contributed by atoms with Gasteiger partial charge in [0.2, 0.25) is 0 Å². The highest BCUT2D eigenvalue weighted by atomic mass is 35.5. The fourth-order valence-electron chi connectivity index (χ4n) is 2.80. The zero-order valence-corrected chi connectivity index (χ0v) is 20.6. The molecular formula is C24H19ClN4OS3. The number of carbonyl (C=O) groups excluding carboxylic acids is 1. The third kappa shape index (κ3) is 7.17. The fourth-order valence-corrected chi connectivity index (χ4v) is 5.90. The average molecular weight is 511 g/mol. The zero-order chi connectivity index (χ0) is 22.9. The van der Waals surface area contributed by atoms with Crippen molar-refractivity contribution in [3.05, 3.63) is 95.0 Å². The zero-order valence-electron chi connectivity index (χ0n) is 17.3. The van der Waals surface area contributed by atoms with Crippen LogP contribution in [0, 0.1) is 0 Å². The lowest BCUT2D eigenvalue weighted by molar-refractivity contribution is -0.118. The maximum absolute atomic E-state index is 12.1. The highest BCUT2D eigenvalue weighted by Crippen LogP contribution is 2.32. The third-order valence-electron chi connectivity index (χ3n) is 4.44. The van der Waals surface area contributed by atoms with E-state index in [-0.39, 0.29) is 11.7 Å². The summed E-state index contributed by atoms with van der Waals surface area (Å²) in [7, 11) is 0. The summed E-state index contributed by atoms with van der Waals surface area (Å²) in [6.45, 7) is 0. The second kappa shape index (κ2) is 12.0. The molecule has 1 N–H and O–H groups in total. The second-order valence-electron chi connectivity index (χ2n) is 6.78. The minimum absolute atomic E-state index is 0.197. The molecule has 0 fully saturated rings. The summed E-state index contributed by atoms with van der Waals surface area (Å²) in [5.74, 6) is 0.742. The lowest BCUT2D eigenvalue weighted by atomic mass is 10.0. The molecular weight excluding hydrogens is 492 g/mol. The van der Waals surface area contributed by atoms with Crippen LogP contribution in [0.5, 0.6) is 0 Å². The minimum atomic E-state index is -0.197. The molecule has 9 heteroatoms. The standard InChI is InChI=1S/C24H19ClN4OS3/c25-21-9-5-4-8-20(21)15-31-23-28-29-24(33-23)32-16-22(30)27-26-14-17-10-12-19(13-11-17)18-6-2-1-3-7-18/h1-14H,15-16H2,(H,27,30)/b26-14-. The van der Waals surface area contributed by atoms with Crippen molar-refractivity contribution in [1.82, 2.24) is 15.6 Å². The highest BCUT2D eigenvalue weighted by Gasteiger charge is 2.09. The Hall–Kier alpha value is -2.65. The fraction of sp³-hybridized carbons (Fsp3) is 0.0833. The topological polar surface area (TPSA) is 67.2 Å². The van der Waals surface area contributed by atoms with Gasteiger partial charge in [0, 0.05) is 10.8 Å². The van der Waals surface area contributed by atoms with Crippen LogP contribution >= 0.6 is 46.5 Å². The molecule has 0 spiro atoms. The largest absolute Gasteiger partial charge is 0.272 e. The molecule has 4 rings (SSSR count). The third-order valence-corrected chi connectivity index (χ3v) is 8.05. The number of benzene rings is 3. The first-order valence-corrected chi connectivity index (χ1v) is 13.1. The van der Waals surface area contributed by atoms with Gasteiger partial charge in [-0.25, -0.2) is 5.43 Å². The number of hydrogen-bond donors (Lipinski definition) is 1. The number of aromatic nitrogens is 2. The molecule has 1 amide bonds. The monoisotopic (exact) mass is 510 g/mol. The van der Waals surface area contributed by atoms with E-state index in [1.165, 1.54) is 23.1 Å². The van der Waals surface area contributed by atoms with Crippen LogP contribution in [0.1, 0.15) is 11.1 Å². The van der Waals surface area contributed by atoms with Gasteiger partial charge in [0.25, 0.3) is 5.91 Å². The Morgan fingerprint density at radius 3 is 2.33 bits per heavy atom. The first-order valence-electron chi connectivity index (χ1n) is 9.97. The van der Waals surface area contributed by atoms with Gasteiger partial charge >= 0.3 is 0 Å². The van der Waals surface area contributed by atoms with E-state index in [1.807, 2.05) is 66.7 Å². The van der Waals surface area contributed by atoms with Gasteiger partial charge < -0.3 is 0 Å². The summed E-state index contributed by atoms with van der Waals surface area (Å²) >= 11 is 10.6. The number of amides is 1. The normalized spacial score (nSPS) is 11.1. The molecule has 0 saturated carbocycles. The van der Waals surface area contributed by atoms with E-state index < -0.39 is 0 Å². The molecule has 5 nitrogen and oxygen atoms in total. The molecule has 33 heavy (non-hydrogen) atoms. The van der Waals surface area contributed by atoms with Gasteiger partial charge in [-0.05, 0) is 28.3 Å². The predicted molar refractivity (Wildman–Crippen MR) is 139 cm³/mol. The van der Waals surface area contributed by atoms with Crippen LogP contribution in [-0.2, 0) is 10.5 Å². The van der Waals surface area contributed by atoms with Crippen LogP contribution < -0.4 is 5.43 Å². The Kier molecular flexibility index (Phi) is 8.54. The van der Waals surface area contributed by atoms with Crippen molar-refractivity contribution in [2.24, 2.45) is 5.10 Å². The van der Waals surface area contributed by atoms with Crippen molar-refractivity contribution >= 4 is 58.6 Å². The quantitative estimate of drug-likeness (QED) is 0.160. The summed E-state index contributed by atoms with van der Waals surface area (Å²) in [5.41, 5.74) is 6.81. The Labute approximate surface area is 209 Å². The van der Waals surface area contributed by atoms with Crippen molar-refractivity contribution in [3.8, 4) is 11.1 Å². The maximum Gasteiger partial charge on any atom is 0.250 e. The van der Waals surface area contributed by atoms with Crippen LogP contribution in [0.3, 0.4) is 0 Å². The van der Waals surface area contributed by atoms with Gasteiger partial charge in [-0.15, -0.1) is 10.2 Å². The molecule has 1 aromatic heterocycles. The lowest BCUT2D eigenvalue weighted by Gasteiger charge is -2.02. The SMILES string of the molecule is O=C(CSc1nnc(SCc2ccccc2Cl)s1)N/N=C\c1ccc(-c2ccccc2)cc1. The van der Waals surface area contributed by atoms with Crippen LogP contribution in [0.4, 0.5) is 0 Å². The van der Waals surface area contributed by atoms with Gasteiger partial charge in [0.15, 0.2) is 8.68 Å². The summed E-state index contributed by atoms with van der Waals surface area (Å²) in [4.78, 5) is 12.1. The van der Waals surface area contributed by atoms with Gasteiger partial charge in [0.05, 0.1) is 12.0 Å². The maximum atomic E-state index is 12.1. The Morgan fingerprint density at radius 1 is 0.909 bits per heavy atom. The molecule has 4 aromatic rings. The molecule has 0 aliphatic heterocycles. The minimum Gasteiger partial charge on any atom is -0.272 e. The molecule has 0 aliphatic rings. The molecule has 166 valence electrons. The molecule has 1 heterocycles. The first kappa shape index (κ1) is 23.5. The molecule has 0 unspecified atom stereocenters. The Morgan fingerprint density at radius 2 is 1.58 bits per heavy atom. The number of hydrazone groups is 1. The van der Waals surface area contributed by atoms with Crippen molar-refractivity contribution in [2.45, 2.75) is 14.4 Å². The highest BCUT2D eigenvalue weighted by molar-refractivity contribution is 8.03. The number of rotatable bonds is 9. The summed E-state index contributed by atoms with van der Waals surface area (Å²) in [6.07, 6.45) is 1.63. The molecule has 3 aromatic carbocycles. The van der Waals surface area contributed by atoms with Gasteiger partial charge in [0.1, 0.15) is 0 Å². The predicted octanol–water partition coefficient (Wildman–Crippen LogP) is 6.39. The van der Waals surface area contributed by atoms with E-state index in [0.29, 0.717) is 0 Å². The van der Waals surface area contributed by atoms with Gasteiger partial charge in [-0.2, -0.15) is 5.10 Å². The van der Waals surface area contributed by atoms with Crippen molar-refractivity contribution in [3.63, 3.8) is 0 Å².